The number of nitrogens with one attached hydrogen (secondary N) is 2. The normalized spacial score (nSPS) is 13.2. The average Bonchev–Trinajstić information content (AvgIpc) is 2.84. The van der Waals surface area contributed by atoms with Gasteiger partial charge in [-0.15, -0.1) is 0 Å². The minimum atomic E-state index is -0.374. The Morgan fingerprint density at radius 2 is 1.55 bits per heavy atom. The van der Waals surface area contributed by atoms with Gasteiger partial charge in [0.15, 0.2) is 0 Å². The first kappa shape index (κ1) is 21.9. The van der Waals surface area contributed by atoms with Gasteiger partial charge in [0.2, 0.25) is 0 Å². The van der Waals surface area contributed by atoms with Crippen LogP contribution in [0.4, 0.5) is 21.9 Å². The molecule has 0 bridgehead atoms. The van der Waals surface area contributed by atoms with Crippen molar-refractivity contribution in [2.45, 2.75) is 6.92 Å². The molecule has 0 radical (unpaired) electrons. The molecule has 3 amide bonds. The maximum absolute atomic E-state index is 12.8. The molecule has 1 fully saturated rings. The second kappa shape index (κ2) is 9.88. The molecule has 4 rings (SSSR count). The van der Waals surface area contributed by atoms with E-state index in [-0.39, 0.29) is 11.9 Å². The number of hydrogen-bond acceptors (Lipinski definition) is 4. The first-order valence-electron chi connectivity index (χ1n) is 10.8. The van der Waals surface area contributed by atoms with Crippen LogP contribution in [0.3, 0.4) is 0 Å². The number of benzene rings is 3. The molecule has 0 spiro atoms. The summed E-state index contributed by atoms with van der Waals surface area (Å²) in [6.07, 6.45) is 0. The van der Waals surface area contributed by atoms with Gasteiger partial charge in [-0.3, -0.25) is 4.79 Å². The van der Waals surface area contributed by atoms with E-state index in [1.54, 1.807) is 24.3 Å². The van der Waals surface area contributed by atoms with E-state index in [0.717, 1.165) is 29.9 Å². The summed E-state index contributed by atoms with van der Waals surface area (Å²) in [5.41, 5.74) is 4.51. The van der Waals surface area contributed by atoms with Crippen LogP contribution >= 0.6 is 0 Å². The number of piperazine rings is 1. The fourth-order valence-electron chi connectivity index (χ4n) is 3.87. The molecule has 0 saturated carbocycles. The summed E-state index contributed by atoms with van der Waals surface area (Å²) in [4.78, 5) is 29.2. The lowest BCUT2D eigenvalue weighted by Gasteiger charge is -2.36. The largest absolute Gasteiger partial charge is 0.368 e. The zero-order chi connectivity index (χ0) is 23.2. The highest BCUT2D eigenvalue weighted by Gasteiger charge is 2.23. The molecule has 3 aromatic rings. The third-order valence-electron chi connectivity index (χ3n) is 5.68. The van der Waals surface area contributed by atoms with Crippen LogP contribution in [0, 0.1) is 18.3 Å². The zero-order valence-electron chi connectivity index (χ0n) is 18.4. The number of carbonyl (C=O) groups excluding carboxylic acids is 2. The number of nitrogens with zero attached hydrogens (tertiary/aromatic N) is 3. The second-order valence-corrected chi connectivity index (χ2v) is 7.91. The predicted octanol–water partition coefficient (Wildman–Crippen LogP) is 4.47. The van der Waals surface area contributed by atoms with E-state index in [9.17, 15) is 9.59 Å². The van der Waals surface area contributed by atoms with Crippen molar-refractivity contribution in [1.82, 2.24) is 4.90 Å². The van der Waals surface area contributed by atoms with Crippen molar-refractivity contribution < 1.29 is 9.59 Å². The SMILES string of the molecule is Cc1ccccc1C(=O)N1CCN(c2ccc(NC(=O)Nc3cccc(C#N)c3)cc2)CC1. The zero-order valence-corrected chi connectivity index (χ0v) is 18.4. The molecule has 166 valence electrons. The van der Waals surface area contributed by atoms with Gasteiger partial charge in [0.25, 0.3) is 5.91 Å². The van der Waals surface area contributed by atoms with Gasteiger partial charge in [0, 0.05) is 48.8 Å². The minimum Gasteiger partial charge on any atom is -0.368 e. The molecule has 0 unspecified atom stereocenters. The van der Waals surface area contributed by atoms with Crippen molar-refractivity contribution in [3.63, 3.8) is 0 Å². The molecule has 1 saturated heterocycles. The van der Waals surface area contributed by atoms with E-state index in [1.807, 2.05) is 66.4 Å². The van der Waals surface area contributed by atoms with E-state index < -0.39 is 0 Å². The monoisotopic (exact) mass is 439 g/mol. The van der Waals surface area contributed by atoms with Gasteiger partial charge < -0.3 is 20.4 Å². The number of aryl methyl sites for hydroxylation is 1. The lowest BCUT2D eigenvalue weighted by atomic mass is 10.1. The molecule has 0 atom stereocenters. The van der Waals surface area contributed by atoms with Gasteiger partial charge in [-0.25, -0.2) is 4.79 Å². The summed E-state index contributed by atoms with van der Waals surface area (Å²) >= 11 is 0. The van der Waals surface area contributed by atoms with Gasteiger partial charge in [-0.1, -0.05) is 24.3 Å². The molecular formula is C26H25N5O2. The number of rotatable bonds is 4. The molecule has 1 aliphatic rings. The summed E-state index contributed by atoms with van der Waals surface area (Å²) in [6, 6.07) is 23.7. The van der Waals surface area contributed by atoms with E-state index in [1.165, 1.54) is 0 Å². The van der Waals surface area contributed by atoms with Crippen LogP contribution in [-0.2, 0) is 0 Å². The van der Waals surface area contributed by atoms with Crippen LogP contribution in [0.1, 0.15) is 21.5 Å². The van der Waals surface area contributed by atoms with Gasteiger partial charge in [-0.2, -0.15) is 5.26 Å². The third-order valence-corrected chi connectivity index (χ3v) is 5.68. The quantitative estimate of drug-likeness (QED) is 0.628. The van der Waals surface area contributed by atoms with Crippen molar-refractivity contribution in [1.29, 1.82) is 5.26 Å². The van der Waals surface area contributed by atoms with E-state index in [0.29, 0.717) is 30.0 Å². The van der Waals surface area contributed by atoms with E-state index in [2.05, 4.69) is 15.5 Å². The first-order chi connectivity index (χ1) is 16.0. The average molecular weight is 440 g/mol. The van der Waals surface area contributed by atoms with Crippen molar-refractivity contribution in [3.05, 3.63) is 89.5 Å². The number of anilines is 3. The van der Waals surface area contributed by atoms with E-state index >= 15 is 0 Å². The standard InChI is InChI=1S/C26H25N5O2/c1-19-5-2-3-8-24(19)25(32)31-15-13-30(14-16-31)23-11-9-21(10-12-23)28-26(33)29-22-7-4-6-20(17-22)18-27/h2-12,17H,13-16H2,1H3,(H2,28,29,33). The number of hydrogen-bond donors (Lipinski definition) is 2. The van der Waals surface area contributed by atoms with Gasteiger partial charge in [-0.05, 0) is 61.0 Å². The Morgan fingerprint density at radius 3 is 2.24 bits per heavy atom. The van der Waals surface area contributed by atoms with Crippen LogP contribution in [0.25, 0.3) is 0 Å². The molecule has 7 nitrogen and oxygen atoms in total. The van der Waals surface area contributed by atoms with Crippen molar-refractivity contribution in [3.8, 4) is 6.07 Å². The summed E-state index contributed by atoms with van der Waals surface area (Å²) in [6.45, 7) is 4.79. The number of amides is 3. The highest BCUT2D eigenvalue weighted by atomic mass is 16.2. The summed E-state index contributed by atoms with van der Waals surface area (Å²) in [5, 5.41) is 14.5. The number of nitriles is 1. The van der Waals surface area contributed by atoms with Crippen molar-refractivity contribution in [2.75, 3.05) is 41.7 Å². The fraction of sp³-hybridized carbons (Fsp3) is 0.192. The molecule has 0 aromatic heterocycles. The summed E-state index contributed by atoms with van der Waals surface area (Å²) in [5.74, 6) is 0.0821. The summed E-state index contributed by atoms with van der Waals surface area (Å²) in [7, 11) is 0. The Bertz CT molecular complexity index is 1190. The Kier molecular flexibility index (Phi) is 6.56. The first-order valence-corrected chi connectivity index (χ1v) is 10.8. The molecule has 7 heteroatoms. The van der Waals surface area contributed by atoms with Crippen LogP contribution in [0.15, 0.2) is 72.8 Å². The van der Waals surface area contributed by atoms with Crippen molar-refractivity contribution >= 4 is 29.0 Å². The lowest BCUT2D eigenvalue weighted by molar-refractivity contribution is 0.0746. The lowest BCUT2D eigenvalue weighted by Crippen LogP contribution is -2.48. The van der Waals surface area contributed by atoms with Gasteiger partial charge in [0.1, 0.15) is 0 Å². The van der Waals surface area contributed by atoms with Crippen LogP contribution in [0.2, 0.25) is 0 Å². The molecule has 2 N–H and O–H groups in total. The topological polar surface area (TPSA) is 88.5 Å². The smallest absolute Gasteiger partial charge is 0.323 e. The maximum Gasteiger partial charge on any atom is 0.323 e. The molecule has 1 aliphatic heterocycles. The number of urea groups is 1. The number of carbonyl (C=O) groups is 2. The fourth-order valence-corrected chi connectivity index (χ4v) is 3.87. The second-order valence-electron chi connectivity index (χ2n) is 7.91. The summed E-state index contributed by atoms with van der Waals surface area (Å²) < 4.78 is 0. The van der Waals surface area contributed by atoms with Crippen molar-refractivity contribution in [2.24, 2.45) is 0 Å². The van der Waals surface area contributed by atoms with Gasteiger partial charge in [0.05, 0.1) is 11.6 Å². The Balaban J connectivity index is 1.31. The molecular weight excluding hydrogens is 414 g/mol. The molecule has 0 aliphatic carbocycles. The third kappa shape index (κ3) is 5.31. The maximum atomic E-state index is 12.8. The van der Waals surface area contributed by atoms with Crippen LogP contribution in [0.5, 0.6) is 0 Å². The Morgan fingerprint density at radius 1 is 0.848 bits per heavy atom. The van der Waals surface area contributed by atoms with Crippen LogP contribution in [-0.4, -0.2) is 43.0 Å². The molecule has 33 heavy (non-hydrogen) atoms. The molecule has 1 heterocycles. The Labute approximate surface area is 193 Å². The Hall–Kier alpha value is -4.31. The van der Waals surface area contributed by atoms with Crippen LogP contribution < -0.4 is 15.5 Å². The predicted molar refractivity (Wildman–Crippen MR) is 130 cm³/mol. The highest BCUT2D eigenvalue weighted by Crippen LogP contribution is 2.21. The molecule has 3 aromatic carbocycles. The van der Waals surface area contributed by atoms with Gasteiger partial charge >= 0.3 is 6.03 Å². The minimum absolute atomic E-state index is 0.0821. The van der Waals surface area contributed by atoms with E-state index in [4.69, 9.17) is 5.26 Å². The highest BCUT2D eigenvalue weighted by molar-refractivity contribution is 6.00.